The molecule has 258 valence electrons. The van der Waals surface area contributed by atoms with Gasteiger partial charge in [-0.1, -0.05) is 72.8 Å². The molecule has 6 aromatic carbocycles. The molecule has 4 atom stereocenters. The third-order valence-corrected chi connectivity index (χ3v) is 10.4. The zero-order valence-electron chi connectivity index (χ0n) is 28.9. The summed E-state index contributed by atoms with van der Waals surface area (Å²) in [7, 11) is 0. The molecule has 0 saturated carbocycles. The summed E-state index contributed by atoms with van der Waals surface area (Å²) in [5.74, 6) is 0. The van der Waals surface area contributed by atoms with E-state index in [1.54, 1.807) is 0 Å². The zero-order valence-corrected chi connectivity index (χ0v) is 28.9. The topological polar surface area (TPSA) is 56.6 Å². The largest absolute Gasteiger partial charge is 0.373 e. The molecular weight excluding hydrogens is 645 g/mol. The lowest BCUT2D eigenvalue weighted by Gasteiger charge is -2.26. The highest BCUT2D eigenvalue weighted by Crippen LogP contribution is 2.40. The van der Waals surface area contributed by atoms with Crippen LogP contribution in [0, 0.1) is 0 Å². The van der Waals surface area contributed by atoms with Gasteiger partial charge in [0.2, 0.25) is 0 Å². The molecule has 4 saturated heterocycles. The van der Waals surface area contributed by atoms with Crippen LogP contribution in [0.25, 0.3) is 11.1 Å². The number of ether oxygens (including phenoxy) is 4. The van der Waals surface area contributed by atoms with Crippen LogP contribution in [0.1, 0.15) is 34.5 Å². The maximum atomic E-state index is 5.53. The summed E-state index contributed by atoms with van der Waals surface area (Å²) in [4.78, 5) is 4.65. The van der Waals surface area contributed by atoms with Crippen LogP contribution >= 0.6 is 0 Å². The van der Waals surface area contributed by atoms with Crippen LogP contribution in [0.15, 0.2) is 146 Å². The molecular formula is C46H40N2O4. The molecule has 6 aromatic rings. The van der Waals surface area contributed by atoms with Crippen molar-refractivity contribution in [2.75, 3.05) is 36.2 Å². The predicted molar refractivity (Wildman–Crippen MR) is 206 cm³/mol. The Balaban J connectivity index is 0.928. The van der Waals surface area contributed by atoms with Gasteiger partial charge in [-0.15, -0.1) is 0 Å². The van der Waals surface area contributed by atoms with Crippen LogP contribution in [0.2, 0.25) is 0 Å². The lowest BCUT2D eigenvalue weighted by atomic mass is 10.0. The number of hydrogen-bond acceptors (Lipinski definition) is 6. The minimum Gasteiger partial charge on any atom is -0.373 e. The first-order valence-corrected chi connectivity index (χ1v) is 18.4. The van der Waals surface area contributed by atoms with Crippen LogP contribution in [0.4, 0.5) is 34.1 Å². The van der Waals surface area contributed by atoms with Gasteiger partial charge in [-0.3, -0.25) is 0 Å². The normalized spacial score (nSPS) is 21.0. The van der Waals surface area contributed by atoms with E-state index in [0.717, 1.165) is 73.4 Å². The maximum Gasteiger partial charge on any atom is 0.106 e. The van der Waals surface area contributed by atoms with Crippen molar-refractivity contribution in [2.24, 2.45) is 0 Å². The summed E-state index contributed by atoms with van der Waals surface area (Å²) in [5, 5.41) is 0. The van der Waals surface area contributed by atoms with E-state index in [1.807, 2.05) is 0 Å². The van der Waals surface area contributed by atoms with Gasteiger partial charge in [0.25, 0.3) is 0 Å². The minimum absolute atomic E-state index is 0.236. The van der Waals surface area contributed by atoms with Crippen LogP contribution < -0.4 is 9.80 Å². The fourth-order valence-electron chi connectivity index (χ4n) is 7.12. The Labute approximate surface area is 304 Å². The number of epoxide rings is 4. The quantitative estimate of drug-likeness (QED) is 0.113. The number of nitrogens with zero attached hydrogens (tertiary/aromatic N) is 2. The van der Waals surface area contributed by atoms with Crippen molar-refractivity contribution in [3.05, 3.63) is 168 Å². The van der Waals surface area contributed by atoms with Gasteiger partial charge in [0.05, 0.1) is 38.6 Å². The first kappa shape index (κ1) is 31.5. The molecule has 0 radical (unpaired) electrons. The highest BCUT2D eigenvalue weighted by atomic mass is 16.6. The number of rotatable bonds is 13. The molecule has 4 heterocycles. The molecule has 4 fully saturated rings. The Hall–Kier alpha value is -5.24. The van der Waals surface area contributed by atoms with Gasteiger partial charge in [0, 0.05) is 47.0 Å². The Morgan fingerprint density at radius 2 is 0.615 bits per heavy atom. The van der Waals surface area contributed by atoms with Gasteiger partial charge in [-0.25, -0.2) is 0 Å². The van der Waals surface area contributed by atoms with Crippen molar-refractivity contribution in [2.45, 2.75) is 37.3 Å². The second-order valence-corrected chi connectivity index (χ2v) is 14.2. The lowest BCUT2D eigenvalue weighted by Crippen LogP contribution is -2.10. The van der Waals surface area contributed by atoms with Gasteiger partial charge in [-0.05, 0) is 106 Å². The average molecular weight is 685 g/mol. The number of hydrogen-bond donors (Lipinski definition) is 0. The smallest absolute Gasteiger partial charge is 0.106 e. The molecule has 4 aliphatic heterocycles. The molecule has 6 heteroatoms. The van der Waals surface area contributed by atoms with E-state index in [-0.39, 0.29) is 12.2 Å². The summed E-state index contributed by atoms with van der Waals surface area (Å²) >= 11 is 0. The van der Waals surface area contributed by atoms with Crippen molar-refractivity contribution in [3.63, 3.8) is 0 Å². The van der Waals surface area contributed by atoms with Gasteiger partial charge in [0.1, 0.15) is 12.2 Å². The van der Waals surface area contributed by atoms with E-state index < -0.39 is 0 Å². The fourth-order valence-corrected chi connectivity index (χ4v) is 7.12. The first-order chi connectivity index (χ1) is 25.7. The average Bonchev–Trinajstić information content (AvgIpc) is 3.97. The molecule has 4 aliphatic rings. The summed E-state index contributed by atoms with van der Waals surface area (Å²) in [6.07, 6.45) is 3.15. The standard InChI is InChI=1S/C46H40N2O4/c1-13-37(14-2-31(1)25-43-27-49-43)47(41-21-9-35(10-22-41)45-29-51-45)39-17-5-33(6-18-39)34-7-19-40(20-8-34)48(42-23-11-36(12-24-42)46-30-52-46)38-15-3-32(4-16-38)26-44-28-50-44/h1-24,43-46H,25-30H2. The molecule has 0 bridgehead atoms. The molecule has 0 spiro atoms. The van der Waals surface area contributed by atoms with E-state index in [0.29, 0.717) is 12.2 Å². The van der Waals surface area contributed by atoms with Crippen molar-refractivity contribution in [1.82, 2.24) is 0 Å². The molecule has 0 N–H and O–H groups in total. The van der Waals surface area contributed by atoms with Crippen LogP contribution in [0.3, 0.4) is 0 Å². The van der Waals surface area contributed by atoms with Crippen molar-refractivity contribution < 1.29 is 18.9 Å². The summed E-state index contributed by atoms with van der Waals surface area (Å²) in [6, 6.07) is 53.1. The Morgan fingerprint density at radius 3 is 0.885 bits per heavy atom. The molecule has 52 heavy (non-hydrogen) atoms. The van der Waals surface area contributed by atoms with Crippen molar-refractivity contribution in [1.29, 1.82) is 0 Å². The first-order valence-electron chi connectivity index (χ1n) is 18.4. The minimum atomic E-state index is 0.236. The van der Waals surface area contributed by atoms with E-state index in [1.165, 1.54) is 33.4 Å². The van der Waals surface area contributed by atoms with Gasteiger partial charge >= 0.3 is 0 Å². The number of anilines is 6. The highest BCUT2D eigenvalue weighted by Gasteiger charge is 2.27. The zero-order chi connectivity index (χ0) is 34.4. The van der Waals surface area contributed by atoms with Crippen LogP contribution in [-0.2, 0) is 31.8 Å². The lowest BCUT2D eigenvalue weighted by molar-refractivity contribution is 0.407. The van der Waals surface area contributed by atoms with Crippen molar-refractivity contribution in [3.8, 4) is 11.1 Å². The summed E-state index contributed by atoms with van der Waals surface area (Å²) < 4.78 is 22.0. The van der Waals surface area contributed by atoms with Gasteiger partial charge in [0.15, 0.2) is 0 Å². The second kappa shape index (κ2) is 13.4. The van der Waals surface area contributed by atoms with E-state index in [9.17, 15) is 0 Å². The third-order valence-electron chi connectivity index (χ3n) is 10.4. The van der Waals surface area contributed by atoms with E-state index in [4.69, 9.17) is 18.9 Å². The SMILES string of the molecule is c1cc(N(c2ccc(-c3ccc(N(c4ccc(CC5CO5)cc4)c4ccc(C5CO5)cc4)cc3)cc2)c2ccc(C3CO3)cc2)ccc1CC1CO1. The summed E-state index contributed by atoms with van der Waals surface area (Å²) in [6.45, 7) is 3.35. The Bertz CT molecular complexity index is 1970. The molecule has 10 rings (SSSR count). The Morgan fingerprint density at radius 1 is 0.346 bits per heavy atom. The fraction of sp³-hybridized carbons (Fsp3) is 0.217. The van der Waals surface area contributed by atoms with Gasteiger partial charge in [-0.2, -0.15) is 0 Å². The molecule has 6 nitrogen and oxygen atoms in total. The highest BCUT2D eigenvalue weighted by molar-refractivity contribution is 5.81. The number of benzene rings is 6. The predicted octanol–water partition coefficient (Wildman–Crippen LogP) is 10.3. The molecule has 0 aromatic heterocycles. The Kier molecular flexibility index (Phi) is 8.11. The van der Waals surface area contributed by atoms with Crippen LogP contribution in [-0.4, -0.2) is 38.6 Å². The molecule has 0 amide bonds. The van der Waals surface area contributed by atoms with E-state index >= 15 is 0 Å². The van der Waals surface area contributed by atoms with E-state index in [2.05, 4.69) is 155 Å². The van der Waals surface area contributed by atoms with Crippen LogP contribution in [0.5, 0.6) is 0 Å². The second-order valence-electron chi connectivity index (χ2n) is 14.2. The molecule has 0 aliphatic carbocycles. The molecule has 4 unspecified atom stereocenters. The van der Waals surface area contributed by atoms with Gasteiger partial charge < -0.3 is 28.7 Å². The maximum absolute atomic E-state index is 5.53. The van der Waals surface area contributed by atoms with Crippen molar-refractivity contribution >= 4 is 34.1 Å². The monoisotopic (exact) mass is 684 g/mol. The summed E-state index contributed by atoms with van der Waals surface area (Å²) in [5.41, 5.74) is 14.1. The third kappa shape index (κ3) is 6.99.